The summed E-state index contributed by atoms with van der Waals surface area (Å²) in [6, 6.07) is 1.97. The van der Waals surface area contributed by atoms with Gasteiger partial charge in [-0.2, -0.15) is 0 Å². The Morgan fingerprint density at radius 2 is 2.35 bits per heavy atom. The number of nitrogens with two attached hydrogens (primary N) is 1. The van der Waals surface area contributed by atoms with Crippen LogP contribution in [0.3, 0.4) is 0 Å². The van der Waals surface area contributed by atoms with Gasteiger partial charge >= 0.3 is 0 Å². The molecule has 5 nitrogen and oxygen atoms in total. The van der Waals surface area contributed by atoms with Crippen molar-refractivity contribution in [2.24, 2.45) is 7.05 Å². The van der Waals surface area contributed by atoms with E-state index in [0.717, 1.165) is 19.3 Å². The monoisotopic (exact) mass is 237 g/mol. The van der Waals surface area contributed by atoms with Crippen molar-refractivity contribution in [3.05, 3.63) is 18.0 Å². The van der Waals surface area contributed by atoms with Gasteiger partial charge in [0.05, 0.1) is 12.3 Å². The first-order valence-corrected chi connectivity index (χ1v) is 5.97. The van der Waals surface area contributed by atoms with Gasteiger partial charge in [-0.05, 0) is 25.3 Å². The number of carbonyl (C=O) groups is 1. The number of rotatable bonds is 4. The molecule has 94 valence electrons. The Bertz CT molecular complexity index is 410. The molecule has 3 N–H and O–H groups in total. The van der Waals surface area contributed by atoms with Crippen molar-refractivity contribution in [3.8, 4) is 0 Å². The van der Waals surface area contributed by atoms with Crippen LogP contribution in [0.2, 0.25) is 0 Å². The Hall–Kier alpha value is -1.49. The summed E-state index contributed by atoms with van der Waals surface area (Å²) in [4.78, 5) is 14.1. The summed E-state index contributed by atoms with van der Waals surface area (Å²) in [5, 5.41) is 9.05. The molecule has 1 saturated carbocycles. The molecule has 0 unspecified atom stereocenters. The van der Waals surface area contributed by atoms with E-state index in [0.29, 0.717) is 17.9 Å². The fourth-order valence-corrected chi connectivity index (χ4v) is 2.21. The third kappa shape index (κ3) is 2.29. The highest BCUT2D eigenvalue weighted by Crippen LogP contribution is 2.26. The lowest BCUT2D eigenvalue weighted by Gasteiger charge is -2.37. The topological polar surface area (TPSA) is 71.5 Å². The van der Waals surface area contributed by atoms with E-state index in [1.807, 2.05) is 7.05 Å². The van der Waals surface area contributed by atoms with E-state index in [9.17, 15) is 4.79 Å². The number of hydrogen-bond acceptors (Lipinski definition) is 3. The summed E-state index contributed by atoms with van der Waals surface area (Å²) in [5.41, 5.74) is 6.85. The highest BCUT2D eigenvalue weighted by atomic mass is 16.3. The number of amides is 1. The minimum absolute atomic E-state index is 0.00213. The first-order valence-electron chi connectivity index (χ1n) is 5.97. The second-order valence-electron chi connectivity index (χ2n) is 4.58. The second-order valence-corrected chi connectivity index (χ2v) is 4.58. The molecule has 1 amide bonds. The Balaban J connectivity index is 2.17. The van der Waals surface area contributed by atoms with Crippen LogP contribution in [0, 0.1) is 0 Å². The third-order valence-corrected chi connectivity index (χ3v) is 3.36. The lowest BCUT2D eigenvalue weighted by molar-refractivity contribution is 0.0516. The van der Waals surface area contributed by atoms with Crippen LogP contribution in [0.25, 0.3) is 0 Å². The molecule has 0 spiro atoms. The molecule has 0 aliphatic heterocycles. The Morgan fingerprint density at radius 1 is 1.65 bits per heavy atom. The number of nitrogen functional groups attached to an aromatic ring is 1. The largest absolute Gasteiger partial charge is 0.397 e. The van der Waals surface area contributed by atoms with Crippen molar-refractivity contribution in [3.63, 3.8) is 0 Å². The molecule has 17 heavy (non-hydrogen) atoms. The smallest absolute Gasteiger partial charge is 0.270 e. The van der Waals surface area contributed by atoms with Crippen LogP contribution in [0.15, 0.2) is 12.3 Å². The summed E-state index contributed by atoms with van der Waals surface area (Å²) in [5.74, 6) is -0.0389. The molecule has 5 heteroatoms. The van der Waals surface area contributed by atoms with E-state index >= 15 is 0 Å². The number of carbonyl (C=O) groups excluding carboxylic acids is 1. The minimum atomic E-state index is -0.0389. The summed E-state index contributed by atoms with van der Waals surface area (Å²) < 4.78 is 1.74. The van der Waals surface area contributed by atoms with Crippen LogP contribution >= 0.6 is 0 Å². The van der Waals surface area contributed by atoms with Gasteiger partial charge in [-0.1, -0.05) is 0 Å². The molecule has 1 aromatic heterocycles. The summed E-state index contributed by atoms with van der Waals surface area (Å²) in [6.45, 7) is 0.400. The normalized spacial score (nSPS) is 15.6. The predicted octanol–water partition coefficient (Wildman–Crippen LogP) is 0.594. The third-order valence-electron chi connectivity index (χ3n) is 3.36. The van der Waals surface area contributed by atoms with Gasteiger partial charge in [-0.3, -0.25) is 4.79 Å². The fourth-order valence-electron chi connectivity index (χ4n) is 2.21. The average Bonchev–Trinajstić information content (AvgIpc) is 2.53. The van der Waals surface area contributed by atoms with E-state index in [1.54, 1.807) is 21.7 Å². The van der Waals surface area contributed by atoms with Crippen molar-refractivity contribution < 1.29 is 9.90 Å². The lowest BCUT2D eigenvalue weighted by atomic mass is 9.91. The van der Waals surface area contributed by atoms with E-state index in [-0.39, 0.29) is 18.6 Å². The van der Waals surface area contributed by atoms with Gasteiger partial charge in [0.25, 0.3) is 5.91 Å². The zero-order valence-corrected chi connectivity index (χ0v) is 10.1. The van der Waals surface area contributed by atoms with Crippen LogP contribution in [-0.4, -0.2) is 39.7 Å². The van der Waals surface area contributed by atoms with Crippen molar-refractivity contribution >= 4 is 11.6 Å². The molecule has 0 saturated heterocycles. The van der Waals surface area contributed by atoms with Gasteiger partial charge in [0.1, 0.15) is 5.69 Å². The SMILES string of the molecule is Cn1cc(N)cc1C(=O)N(CCO)C1CCC1. The van der Waals surface area contributed by atoms with Crippen LogP contribution in [-0.2, 0) is 7.05 Å². The minimum Gasteiger partial charge on any atom is -0.397 e. The van der Waals surface area contributed by atoms with Crippen molar-refractivity contribution in [2.75, 3.05) is 18.9 Å². The Morgan fingerprint density at radius 3 is 2.76 bits per heavy atom. The molecule has 0 bridgehead atoms. The lowest BCUT2D eigenvalue weighted by Crippen LogP contribution is -2.46. The maximum Gasteiger partial charge on any atom is 0.270 e. The maximum atomic E-state index is 12.3. The van der Waals surface area contributed by atoms with Crippen molar-refractivity contribution in [2.45, 2.75) is 25.3 Å². The van der Waals surface area contributed by atoms with E-state index in [1.165, 1.54) is 0 Å². The molecule has 0 radical (unpaired) electrons. The fraction of sp³-hybridized carbons (Fsp3) is 0.583. The Labute approximate surface area is 101 Å². The van der Waals surface area contributed by atoms with Crippen LogP contribution < -0.4 is 5.73 Å². The molecule has 1 aliphatic rings. The van der Waals surface area contributed by atoms with Gasteiger partial charge in [-0.15, -0.1) is 0 Å². The Kier molecular flexibility index (Phi) is 3.38. The van der Waals surface area contributed by atoms with Gasteiger partial charge < -0.3 is 20.3 Å². The summed E-state index contributed by atoms with van der Waals surface area (Å²) in [6.07, 6.45) is 4.96. The molecular weight excluding hydrogens is 218 g/mol. The molecule has 1 fully saturated rings. The standard InChI is InChI=1S/C12H19N3O2/c1-14-8-9(13)7-11(14)12(17)15(5-6-16)10-3-2-4-10/h7-8,10,16H,2-6,13H2,1H3. The molecule has 0 atom stereocenters. The summed E-state index contributed by atoms with van der Waals surface area (Å²) in [7, 11) is 1.81. The first-order chi connectivity index (χ1) is 8.13. The van der Waals surface area contributed by atoms with Crippen molar-refractivity contribution in [1.82, 2.24) is 9.47 Å². The van der Waals surface area contributed by atoms with Crippen molar-refractivity contribution in [1.29, 1.82) is 0 Å². The second kappa shape index (κ2) is 4.79. The highest BCUT2D eigenvalue weighted by molar-refractivity contribution is 5.94. The van der Waals surface area contributed by atoms with Crippen LogP contribution in [0.5, 0.6) is 0 Å². The quantitative estimate of drug-likeness (QED) is 0.805. The molecule has 1 aliphatic carbocycles. The molecule has 2 rings (SSSR count). The van der Waals surface area contributed by atoms with E-state index in [2.05, 4.69) is 0 Å². The van der Waals surface area contributed by atoms with Gasteiger partial charge in [-0.25, -0.2) is 0 Å². The van der Waals surface area contributed by atoms with Crippen LogP contribution in [0.4, 0.5) is 5.69 Å². The number of aromatic nitrogens is 1. The highest BCUT2D eigenvalue weighted by Gasteiger charge is 2.30. The maximum absolute atomic E-state index is 12.3. The number of aliphatic hydroxyl groups excluding tert-OH is 1. The number of hydrogen-bond donors (Lipinski definition) is 2. The van der Waals surface area contributed by atoms with Crippen LogP contribution in [0.1, 0.15) is 29.8 Å². The average molecular weight is 237 g/mol. The zero-order chi connectivity index (χ0) is 12.4. The molecule has 0 aromatic carbocycles. The number of aliphatic hydroxyl groups is 1. The number of nitrogens with zero attached hydrogens (tertiary/aromatic N) is 2. The van der Waals surface area contributed by atoms with E-state index in [4.69, 9.17) is 10.8 Å². The van der Waals surface area contributed by atoms with Gasteiger partial charge in [0.15, 0.2) is 0 Å². The van der Waals surface area contributed by atoms with E-state index < -0.39 is 0 Å². The number of aryl methyl sites for hydroxylation is 1. The van der Waals surface area contributed by atoms with Gasteiger partial charge in [0, 0.05) is 25.8 Å². The molecule has 1 aromatic rings. The zero-order valence-electron chi connectivity index (χ0n) is 10.1. The summed E-state index contributed by atoms with van der Waals surface area (Å²) >= 11 is 0. The molecular formula is C12H19N3O2. The molecule has 1 heterocycles. The van der Waals surface area contributed by atoms with Gasteiger partial charge in [0.2, 0.25) is 0 Å². The number of anilines is 1. The first kappa shape index (κ1) is 12.0. The predicted molar refractivity (Wildman–Crippen MR) is 65.6 cm³/mol.